The molecule has 3 aromatic rings. The van der Waals surface area contributed by atoms with Crippen LogP contribution in [0.4, 0.5) is 0 Å². The topological polar surface area (TPSA) is 81.8 Å². The van der Waals surface area contributed by atoms with Gasteiger partial charge >= 0.3 is 0 Å². The Kier molecular flexibility index (Phi) is 2.37. The molecule has 0 aliphatic carbocycles. The molecule has 0 fully saturated rings. The van der Waals surface area contributed by atoms with Crippen molar-refractivity contribution in [1.29, 1.82) is 0 Å². The van der Waals surface area contributed by atoms with Crippen LogP contribution in [0, 0.1) is 0 Å². The fourth-order valence-corrected chi connectivity index (χ4v) is 1.94. The zero-order valence-corrected chi connectivity index (χ0v) is 9.50. The normalized spacial score (nSPS) is 10.9. The number of nitrogens with zero attached hydrogens (tertiary/aromatic N) is 3. The quantitative estimate of drug-likeness (QED) is 0.727. The number of benzene rings is 1. The summed E-state index contributed by atoms with van der Waals surface area (Å²) in [5.41, 5.74) is 7.38. The third-order valence-electron chi connectivity index (χ3n) is 2.77. The Bertz CT molecular complexity index is 754. The van der Waals surface area contributed by atoms with Gasteiger partial charge in [-0.15, -0.1) is 5.10 Å². The van der Waals surface area contributed by atoms with Crippen LogP contribution in [0.15, 0.2) is 36.5 Å². The van der Waals surface area contributed by atoms with Gasteiger partial charge in [0.2, 0.25) is 5.91 Å². The van der Waals surface area contributed by atoms with Crippen LogP contribution in [-0.4, -0.2) is 21.1 Å². The van der Waals surface area contributed by atoms with Crippen LogP contribution in [0.25, 0.3) is 21.8 Å². The second-order valence-corrected chi connectivity index (χ2v) is 4.05. The summed E-state index contributed by atoms with van der Waals surface area (Å²) in [5.74, 6) is -0.417. The molecular weight excluding hydrogens is 228 g/mol. The Labute approximate surface area is 103 Å². The minimum Gasteiger partial charge on any atom is -0.369 e. The van der Waals surface area contributed by atoms with Gasteiger partial charge in [0.05, 0.1) is 17.6 Å². The average Bonchev–Trinajstić information content (AvgIpc) is 2.72. The Balaban J connectivity index is 2.27. The predicted molar refractivity (Wildman–Crippen MR) is 67.7 cm³/mol. The SMILES string of the molecule is NC(=O)Cc1ccc2ccc3nccc3c2nn1. The van der Waals surface area contributed by atoms with Crippen molar-refractivity contribution in [3.63, 3.8) is 0 Å². The van der Waals surface area contributed by atoms with Gasteiger partial charge in [-0.2, -0.15) is 5.10 Å². The highest BCUT2D eigenvalue weighted by atomic mass is 16.1. The molecule has 0 bridgehead atoms. The number of aromatic nitrogens is 3. The molecule has 0 spiro atoms. The third kappa shape index (κ3) is 1.75. The summed E-state index contributed by atoms with van der Waals surface area (Å²) in [6, 6.07) is 9.43. The van der Waals surface area contributed by atoms with Gasteiger partial charge in [0, 0.05) is 17.0 Å². The second-order valence-electron chi connectivity index (χ2n) is 4.05. The molecule has 0 atom stereocenters. The number of primary amides is 1. The molecular formula is C13H10N4O. The van der Waals surface area contributed by atoms with Gasteiger partial charge < -0.3 is 5.73 Å². The van der Waals surface area contributed by atoms with Crippen molar-refractivity contribution < 1.29 is 4.79 Å². The molecule has 1 amide bonds. The minimum atomic E-state index is -0.417. The molecule has 0 unspecified atom stereocenters. The molecule has 88 valence electrons. The molecule has 2 N–H and O–H groups in total. The monoisotopic (exact) mass is 238 g/mol. The maximum Gasteiger partial charge on any atom is 0.223 e. The van der Waals surface area contributed by atoms with Crippen LogP contribution >= 0.6 is 0 Å². The van der Waals surface area contributed by atoms with E-state index in [1.165, 1.54) is 0 Å². The van der Waals surface area contributed by atoms with Crippen molar-refractivity contribution in [2.24, 2.45) is 5.73 Å². The van der Waals surface area contributed by atoms with E-state index < -0.39 is 5.91 Å². The first kappa shape index (κ1) is 10.6. The first-order valence-electron chi connectivity index (χ1n) is 5.52. The minimum absolute atomic E-state index is 0.0936. The van der Waals surface area contributed by atoms with Gasteiger partial charge in [-0.25, -0.2) is 0 Å². The first-order chi connectivity index (χ1) is 8.74. The summed E-state index contributed by atoms with van der Waals surface area (Å²) >= 11 is 0. The van der Waals surface area contributed by atoms with Gasteiger partial charge in [0.25, 0.3) is 0 Å². The average molecular weight is 238 g/mol. The Morgan fingerprint density at radius 3 is 2.78 bits per heavy atom. The van der Waals surface area contributed by atoms with E-state index in [2.05, 4.69) is 15.2 Å². The zero-order chi connectivity index (χ0) is 12.5. The van der Waals surface area contributed by atoms with Gasteiger partial charge in [-0.05, 0) is 18.2 Å². The molecule has 2 aromatic heterocycles. The Morgan fingerprint density at radius 1 is 1.11 bits per heavy atom. The van der Waals surface area contributed by atoms with E-state index in [0.29, 0.717) is 5.69 Å². The van der Waals surface area contributed by atoms with Crippen LogP contribution < -0.4 is 5.73 Å². The van der Waals surface area contributed by atoms with Crippen molar-refractivity contribution in [3.8, 4) is 0 Å². The van der Waals surface area contributed by atoms with Crippen molar-refractivity contribution in [2.45, 2.75) is 6.42 Å². The molecule has 0 radical (unpaired) electrons. The van der Waals surface area contributed by atoms with E-state index in [-0.39, 0.29) is 6.42 Å². The van der Waals surface area contributed by atoms with Crippen molar-refractivity contribution in [2.75, 3.05) is 0 Å². The lowest BCUT2D eigenvalue weighted by molar-refractivity contribution is -0.117. The van der Waals surface area contributed by atoms with Crippen LogP contribution in [0.1, 0.15) is 5.69 Å². The maximum atomic E-state index is 10.9. The Hall–Kier alpha value is -2.56. The summed E-state index contributed by atoms with van der Waals surface area (Å²) < 4.78 is 0. The zero-order valence-electron chi connectivity index (χ0n) is 9.50. The third-order valence-corrected chi connectivity index (χ3v) is 2.77. The number of rotatable bonds is 2. The maximum absolute atomic E-state index is 10.9. The standard InChI is InChI=1S/C13H10N4O/c14-12(18)7-9-3-1-8-2-4-11-10(5-6-15-11)13(8)17-16-9/h1-6H,7H2,(H2,14,18). The number of carbonyl (C=O) groups excluding carboxylic acids is 1. The van der Waals surface area contributed by atoms with Crippen LogP contribution in [0.5, 0.6) is 0 Å². The summed E-state index contributed by atoms with van der Waals surface area (Å²) in [6.07, 6.45) is 1.83. The highest BCUT2D eigenvalue weighted by Crippen LogP contribution is 2.21. The molecule has 2 heterocycles. The number of hydrogen-bond acceptors (Lipinski definition) is 4. The van der Waals surface area contributed by atoms with Crippen molar-refractivity contribution >= 4 is 27.7 Å². The molecule has 0 saturated heterocycles. The van der Waals surface area contributed by atoms with Crippen molar-refractivity contribution in [3.05, 3.63) is 42.2 Å². The number of fused-ring (bicyclic) bond motifs is 3. The van der Waals surface area contributed by atoms with E-state index >= 15 is 0 Å². The molecule has 0 aliphatic rings. The molecule has 3 rings (SSSR count). The second kappa shape index (κ2) is 4.03. The van der Waals surface area contributed by atoms with Crippen LogP contribution in [0.2, 0.25) is 0 Å². The lowest BCUT2D eigenvalue weighted by Crippen LogP contribution is -2.14. The summed E-state index contributed by atoms with van der Waals surface area (Å²) in [6.45, 7) is 0. The van der Waals surface area contributed by atoms with Gasteiger partial charge in [0.15, 0.2) is 0 Å². The highest BCUT2D eigenvalue weighted by Gasteiger charge is 2.04. The summed E-state index contributed by atoms with van der Waals surface area (Å²) in [7, 11) is 0. The first-order valence-corrected chi connectivity index (χ1v) is 5.52. The van der Waals surface area contributed by atoms with E-state index in [1.54, 1.807) is 12.3 Å². The molecule has 0 aliphatic heterocycles. The number of carbonyl (C=O) groups is 1. The van der Waals surface area contributed by atoms with E-state index in [4.69, 9.17) is 5.73 Å². The molecule has 1 aromatic carbocycles. The van der Waals surface area contributed by atoms with E-state index in [1.807, 2.05) is 24.3 Å². The van der Waals surface area contributed by atoms with Crippen molar-refractivity contribution in [1.82, 2.24) is 15.2 Å². The predicted octanol–water partition coefficient (Wildman–Crippen LogP) is 1.21. The fourth-order valence-electron chi connectivity index (χ4n) is 1.94. The van der Waals surface area contributed by atoms with Gasteiger partial charge in [0.1, 0.15) is 5.52 Å². The van der Waals surface area contributed by atoms with Gasteiger partial charge in [-0.3, -0.25) is 9.78 Å². The fraction of sp³-hybridized carbons (Fsp3) is 0.0769. The molecule has 5 nitrogen and oxygen atoms in total. The smallest absolute Gasteiger partial charge is 0.223 e. The molecule has 18 heavy (non-hydrogen) atoms. The van der Waals surface area contributed by atoms with Gasteiger partial charge in [-0.1, -0.05) is 12.1 Å². The van der Waals surface area contributed by atoms with Crippen LogP contribution in [-0.2, 0) is 11.2 Å². The van der Waals surface area contributed by atoms with E-state index in [9.17, 15) is 4.79 Å². The number of nitrogens with two attached hydrogens (primary N) is 1. The largest absolute Gasteiger partial charge is 0.369 e. The Morgan fingerprint density at radius 2 is 1.94 bits per heavy atom. The molecule has 0 saturated carbocycles. The lowest BCUT2D eigenvalue weighted by atomic mass is 10.1. The van der Waals surface area contributed by atoms with Crippen LogP contribution in [0.3, 0.4) is 0 Å². The molecule has 5 heteroatoms. The number of amides is 1. The summed E-state index contributed by atoms with van der Waals surface area (Å²) in [5, 5.41) is 10.2. The summed E-state index contributed by atoms with van der Waals surface area (Å²) in [4.78, 5) is 15.1. The number of hydrogen-bond donors (Lipinski definition) is 1. The lowest BCUT2D eigenvalue weighted by Gasteiger charge is -1.92. The highest BCUT2D eigenvalue weighted by molar-refractivity contribution is 6.03. The van der Waals surface area contributed by atoms with E-state index in [0.717, 1.165) is 21.8 Å².